The van der Waals surface area contributed by atoms with Gasteiger partial charge in [0.15, 0.2) is 6.61 Å². The van der Waals surface area contributed by atoms with Crippen LogP contribution in [0.4, 0.5) is 0 Å². The quantitative estimate of drug-likeness (QED) is 0.666. The van der Waals surface area contributed by atoms with Crippen molar-refractivity contribution in [2.24, 2.45) is 0 Å². The van der Waals surface area contributed by atoms with Crippen molar-refractivity contribution >= 4 is 21.9 Å². The van der Waals surface area contributed by atoms with Gasteiger partial charge in [0.05, 0.1) is 23.7 Å². The monoisotopic (exact) mass is 424 g/mol. The summed E-state index contributed by atoms with van der Waals surface area (Å²) >= 11 is 0. The van der Waals surface area contributed by atoms with Gasteiger partial charge in [0, 0.05) is 25.7 Å². The molecule has 8 nitrogen and oxygen atoms in total. The van der Waals surface area contributed by atoms with E-state index in [0.717, 1.165) is 19.3 Å². The highest BCUT2D eigenvalue weighted by atomic mass is 32.2. The van der Waals surface area contributed by atoms with E-state index in [1.54, 1.807) is 17.9 Å². The molecule has 2 aliphatic rings. The van der Waals surface area contributed by atoms with Gasteiger partial charge < -0.3 is 14.4 Å². The number of rotatable bonds is 5. The minimum atomic E-state index is -3.73. The molecular weight excluding hydrogens is 396 g/mol. The van der Waals surface area contributed by atoms with Crippen LogP contribution in [-0.2, 0) is 24.3 Å². The predicted molar refractivity (Wildman–Crippen MR) is 106 cm³/mol. The zero-order valence-corrected chi connectivity index (χ0v) is 17.7. The Hall–Kier alpha value is -1.97. The van der Waals surface area contributed by atoms with E-state index < -0.39 is 16.0 Å². The Morgan fingerprint density at radius 3 is 2.59 bits per heavy atom. The van der Waals surface area contributed by atoms with Gasteiger partial charge in [-0.3, -0.25) is 4.79 Å². The highest BCUT2D eigenvalue weighted by Gasteiger charge is 2.29. The number of sulfonamides is 1. The van der Waals surface area contributed by atoms with Crippen molar-refractivity contribution in [1.29, 1.82) is 0 Å². The van der Waals surface area contributed by atoms with Gasteiger partial charge >= 0.3 is 5.97 Å². The number of carbonyl (C=O) groups is 2. The van der Waals surface area contributed by atoms with Gasteiger partial charge in [-0.1, -0.05) is 6.07 Å². The lowest BCUT2D eigenvalue weighted by molar-refractivity contribution is -0.137. The van der Waals surface area contributed by atoms with Gasteiger partial charge in [0.2, 0.25) is 10.0 Å². The molecular formula is C20H28N2O6S. The fourth-order valence-corrected chi connectivity index (χ4v) is 5.35. The number of amides is 1. The first-order chi connectivity index (χ1) is 13.8. The highest BCUT2D eigenvalue weighted by molar-refractivity contribution is 7.89. The topological polar surface area (TPSA) is 93.2 Å². The van der Waals surface area contributed by atoms with E-state index in [-0.39, 0.29) is 42.1 Å². The fourth-order valence-electron chi connectivity index (χ4n) is 3.69. The van der Waals surface area contributed by atoms with Crippen LogP contribution in [0.3, 0.4) is 0 Å². The molecule has 2 aliphatic heterocycles. The molecule has 0 aromatic heterocycles. The third-order valence-electron chi connectivity index (χ3n) is 5.46. The van der Waals surface area contributed by atoms with Gasteiger partial charge in [-0.25, -0.2) is 13.2 Å². The zero-order valence-electron chi connectivity index (χ0n) is 16.9. The molecule has 0 spiro atoms. The smallest absolute Gasteiger partial charge is 0.338 e. The number of aryl methyl sites for hydroxylation is 1. The molecule has 0 radical (unpaired) electrons. The number of hydrogen-bond donors (Lipinski definition) is 0. The number of carbonyl (C=O) groups excluding carboxylic acids is 2. The van der Waals surface area contributed by atoms with Crippen LogP contribution in [0.2, 0.25) is 0 Å². The highest BCUT2D eigenvalue weighted by Crippen LogP contribution is 2.23. The summed E-state index contributed by atoms with van der Waals surface area (Å²) in [5.74, 6) is -0.930. The third kappa shape index (κ3) is 4.96. The average molecular weight is 425 g/mol. The van der Waals surface area contributed by atoms with E-state index in [1.165, 1.54) is 16.4 Å². The summed E-state index contributed by atoms with van der Waals surface area (Å²) in [6.45, 7) is 5.24. The molecule has 0 saturated carbocycles. The average Bonchev–Trinajstić information content (AvgIpc) is 2.73. The van der Waals surface area contributed by atoms with E-state index in [2.05, 4.69) is 0 Å². The number of ether oxygens (including phenoxy) is 2. The maximum absolute atomic E-state index is 12.9. The normalized spacial score (nSPS) is 21.0. The van der Waals surface area contributed by atoms with E-state index >= 15 is 0 Å². The number of hydrogen-bond acceptors (Lipinski definition) is 6. The Balaban J connectivity index is 1.70. The molecule has 1 aromatic carbocycles. The summed E-state index contributed by atoms with van der Waals surface area (Å²) in [5, 5.41) is 0. The first-order valence-corrected chi connectivity index (χ1v) is 11.4. The minimum absolute atomic E-state index is 0.0739. The van der Waals surface area contributed by atoms with E-state index in [1.807, 2.05) is 6.92 Å². The summed E-state index contributed by atoms with van der Waals surface area (Å²) in [6, 6.07) is 4.57. The molecule has 3 rings (SSSR count). The Kier molecular flexibility index (Phi) is 6.92. The molecule has 1 amide bonds. The van der Waals surface area contributed by atoms with Crippen LogP contribution in [0.15, 0.2) is 23.1 Å². The van der Waals surface area contributed by atoms with Crippen molar-refractivity contribution in [2.45, 2.75) is 44.0 Å². The standard InChI is InChI=1S/C20H28N2O6S/c1-15-6-7-17(13-18(15)29(25,26)21-9-11-27-12-10-21)20(24)28-14-19(23)22-8-4-3-5-16(22)2/h6-7,13,16H,3-5,8-12,14H2,1-2H3. The van der Waals surface area contributed by atoms with Gasteiger partial charge in [0.1, 0.15) is 0 Å². The molecule has 2 heterocycles. The van der Waals surface area contributed by atoms with Crippen LogP contribution in [0.5, 0.6) is 0 Å². The van der Waals surface area contributed by atoms with Crippen molar-refractivity contribution in [1.82, 2.24) is 9.21 Å². The lowest BCUT2D eigenvalue weighted by atomic mass is 10.0. The summed E-state index contributed by atoms with van der Waals surface area (Å²) in [6.07, 6.45) is 2.99. The molecule has 1 unspecified atom stereocenters. The maximum Gasteiger partial charge on any atom is 0.338 e. The molecule has 2 fully saturated rings. The Bertz CT molecular complexity index is 864. The first kappa shape index (κ1) is 21.7. The second-order valence-corrected chi connectivity index (χ2v) is 9.41. The predicted octanol–water partition coefficient (Wildman–Crippen LogP) is 1.57. The van der Waals surface area contributed by atoms with Crippen molar-refractivity contribution < 1.29 is 27.5 Å². The SMILES string of the molecule is Cc1ccc(C(=O)OCC(=O)N2CCCCC2C)cc1S(=O)(=O)N1CCOCC1. The maximum atomic E-state index is 12.9. The second kappa shape index (κ2) is 9.23. The molecule has 0 N–H and O–H groups in total. The molecule has 29 heavy (non-hydrogen) atoms. The zero-order chi connectivity index (χ0) is 21.0. The largest absolute Gasteiger partial charge is 0.452 e. The van der Waals surface area contributed by atoms with Crippen molar-refractivity contribution in [3.63, 3.8) is 0 Å². The number of esters is 1. The lowest BCUT2D eigenvalue weighted by Gasteiger charge is -2.33. The van der Waals surface area contributed by atoms with Crippen molar-refractivity contribution in [3.05, 3.63) is 29.3 Å². The van der Waals surface area contributed by atoms with E-state index in [9.17, 15) is 18.0 Å². The Morgan fingerprint density at radius 1 is 1.17 bits per heavy atom. The van der Waals surface area contributed by atoms with Gasteiger partial charge in [0.25, 0.3) is 5.91 Å². The Labute approximate surface area is 171 Å². The molecule has 160 valence electrons. The summed E-state index contributed by atoms with van der Waals surface area (Å²) in [4.78, 5) is 26.6. The first-order valence-electron chi connectivity index (χ1n) is 9.96. The van der Waals surface area contributed by atoms with Crippen LogP contribution < -0.4 is 0 Å². The van der Waals surface area contributed by atoms with Crippen LogP contribution in [0.25, 0.3) is 0 Å². The fraction of sp³-hybridized carbons (Fsp3) is 0.600. The van der Waals surface area contributed by atoms with Gasteiger partial charge in [-0.2, -0.15) is 4.31 Å². The van der Waals surface area contributed by atoms with Crippen molar-refractivity contribution in [2.75, 3.05) is 39.5 Å². The molecule has 1 atom stereocenters. The van der Waals surface area contributed by atoms with Crippen LogP contribution >= 0.6 is 0 Å². The number of nitrogens with zero attached hydrogens (tertiary/aromatic N) is 2. The molecule has 2 saturated heterocycles. The summed E-state index contributed by atoms with van der Waals surface area (Å²) < 4.78 is 37.7. The van der Waals surface area contributed by atoms with E-state index in [4.69, 9.17) is 9.47 Å². The van der Waals surface area contributed by atoms with Crippen LogP contribution in [0.1, 0.15) is 42.1 Å². The molecule has 1 aromatic rings. The van der Waals surface area contributed by atoms with Crippen molar-refractivity contribution in [3.8, 4) is 0 Å². The lowest BCUT2D eigenvalue weighted by Crippen LogP contribution is -2.44. The molecule has 9 heteroatoms. The number of piperidine rings is 1. The minimum Gasteiger partial charge on any atom is -0.452 e. The number of benzene rings is 1. The summed E-state index contributed by atoms with van der Waals surface area (Å²) in [5.41, 5.74) is 0.660. The number of morpholine rings is 1. The van der Waals surface area contributed by atoms with Gasteiger partial charge in [-0.15, -0.1) is 0 Å². The van der Waals surface area contributed by atoms with Gasteiger partial charge in [-0.05, 0) is 50.8 Å². The molecule has 0 aliphatic carbocycles. The van der Waals surface area contributed by atoms with Crippen LogP contribution in [-0.4, -0.2) is 75.0 Å². The Morgan fingerprint density at radius 2 is 1.90 bits per heavy atom. The number of likely N-dealkylation sites (tertiary alicyclic amines) is 1. The molecule has 0 bridgehead atoms. The van der Waals surface area contributed by atoms with E-state index in [0.29, 0.717) is 25.3 Å². The second-order valence-electron chi connectivity index (χ2n) is 7.50. The third-order valence-corrected chi connectivity index (χ3v) is 7.50. The van der Waals surface area contributed by atoms with Crippen LogP contribution in [0, 0.1) is 6.92 Å². The summed E-state index contributed by atoms with van der Waals surface area (Å²) in [7, 11) is -3.73.